The molecule has 0 amide bonds. The molecule has 0 bridgehead atoms. The van der Waals surface area contributed by atoms with Gasteiger partial charge in [-0.3, -0.25) is 0 Å². The van der Waals surface area contributed by atoms with Gasteiger partial charge in [0.2, 0.25) is 0 Å². The molecule has 3 N–H and O–H groups in total. The Morgan fingerprint density at radius 2 is 2.20 bits per heavy atom. The van der Waals surface area contributed by atoms with Gasteiger partial charge in [0.15, 0.2) is 0 Å². The molecule has 0 atom stereocenters. The second-order valence-electron chi connectivity index (χ2n) is 3.69. The van der Waals surface area contributed by atoms with Crippen LogP contribution in [0.15, 0.2) is 12.1 Å². The Morgan fingerprint density at radius 1 is 1.40 bits per heavy atom. The smallest absolute Gasteiger partial charge is 0.144 e. The van der Waals surface area contributed by atoms with Crippen LogP contribution in [0.4, 0.5) is 11.4 Å². The quantitative estimate of drug-likeness (QED) is 0.514. The SMILES string of the molecule is Nc1c(C[SH](=O)=O)ccc2c1CCCN2. The predicted octanol–water partition coefficient (Wildman–Crippen LogP) is 0.738. The molecule has 1 aromatic carbocycles. The minimum absolute atomic E-state index is 0.0362. The fraction of sp³-hybridized carbons (Fsp3) is 0.400. The fourth-order valence-electron chi connectivity index (χ4n) is 1.91. The van der Waals surface area contributed by atoms with E-state index in [0.717, 1.165) is 30.6 Å². The van der Waals surface area contributed by atoms with Gasteiger partial charge in [0.25, 0.3) is 0 Å². The standard InChI is InChI=1S/C10H14N2O2S/c11-10-7(6-15(13)14)3-4-9-8(10)2-1-5-12-9/h3-4,12,15H,1-2,5-6,11H2. The lowest BCUT2D eigenvalue weighted by molar-refractivity contribution is 0.614. The van der Waals surface area contributed by atoms with Gasteiger partial charge in [0.05, 0.1) is 5.75 Å². The summed E-state index contributed by atoms with van der Waals surface area (Å²) in [4.78, 5) is 0. The molecule has 15 heavy (non-hydrogen) atoms. The zero-order valence-electron chi connectivity index (χ0n) is 8.32. The van der Waals surface area contributed by atoms with Crippen molar-refractivity contribution in [3.8, 4) is 0 Å². The van der Waals surface area contributed by atoms with Gasteiger partial charge in [-0.1, -0.05) is 6.07 Å². The van der Waals surface area contributed by atoms with Crippen molar-refractivity contribution in [2.75, 3.05) is 17.6 Å². The number of thiol groups is 1. The highest BCUT2D eigenvalue weighted by molar-refractivity contribution is 7.71. The van der Waals surface area contributed by atoms with Crippen molar-refractivity contribution in [1.82, 2.24) is 0 Å². The summed E-state index contributed by atoms with van der Waals surface area (Å²) >= 11 is 0. The van der Waals surface area contributed by atoms with E-state index in [2.05, 4.69) is 5.32 Å². The van der Waals surface area contributed by atoms with Crippen LogP contribution in [0.1, 0.15) is 17.5 Å². The Labute approximate surface area is 90.4 Å². The van der Waals surface area contributed by atoms with E-state index < -0.39 is 10.7 Å². The molecule has 0 saturated carbocycles. The Hall–Kier alpha value is -1.23. The topological polar surface area (TPSA) is 72.2 Å². The van der Waals surface area contributed by atoms with Gasteiger partial charge >= 0.3 is 0 Å². The minimum atomic E-state index is -2.41. The third-order valence-electron chi connectivity index (χ3n) is 2.67. The van der Waals surface area contributed by atoms with Crippen molar-refractivity contribution < 1.29 is 8.42 Å². The number of hydrogen-bond acceptors (Lipinski definition) is 4. The van der Waals surface area contributed by atoms with Crippen LogP contribution in [-0.4, -0.2) is 15.0 Å². The molecule has 1 aliphatic rings. The van der Waals surface area contributed by atoms with Gasteiger partial charge in [0, 0.05) is 17.9 Å². The highest BCUT2D eigenvalue weighted by Gasteiger charge is 2.14. The third kappa shape index (κ3) is 2.07. The van der Waals surface area contributed by atoms with Crippen molar-refractivity contribution in [3.05, 3.63) is 23.3 Å². The Bertz CT molecular complexity index is 447. The van der Waals surface area contributed by atoms with Crippen molar-refractivity contribution >= 4 is 22.1 Å². The normalized spacial score (nSPS) is 14.7. The summed E-state index contributed by atoms with van der Waals surface area (Å²) in [6, 6.07) is 3.70. The summed E-state index contributed by atoms with van der Waals surface area (Å²) in [7, 11) is -2.41. The fourth-order valence-corrected chi connectivity index (χ4v) is 2.47. The van der Waals surface area contributed by atoms with E-state index >= 15 is 0 Å². The van der Waals surface area contributed by atoms with Crippen LogP contribution in [0.5, 0.6) is 0 Å². The lowest BCUT2D eigenvalue weighted by Crippen LogP contribution is -2.14. The minimum Gasteiger partial charge on any atom is -0.398 e. The van der Waals surface area contributed by atoms with Crippen LogP contribution < -0.4 is 11.1 Å². The first-order valence-corrected chi connectivity index (χ1v) is 6.30. The molecule has 2 rings (SSSR count). The molecule has 0 unspecified atom stereocenters. The van der Waals surface area contributed by atoms with Crippen LogP contribution in [0.25, 0.3) is 0 Å². The molecule has 0 saturated heterocycles. The van der Waals surface area contributed by atoms with E-state index in [1.54, 1.807) is 6.07 Å². The van der Waals surface area contributed by atoms with Crippen LogP contribution in [0.3, 0.4) is 0 Å². The number of anilines is 2. The summed E-state index contributed by atoms with van der Waals surface area (Å²) in [6.45, 7) is 0.960. The van der Waals surface area contributed by atoms with Crippen molar-refractivity contribution in [2.24, 2.45) is 0 Å². The molecule has 0 spiro atoms. The molecular weight excluding hydrogens is 212 g/mol. The number of nitrogen functional groups attached to an aromatic ring is 1. The summed E-state index contributed by atoms with van der Waals surface area (Å²) in [6.07, 6.45) is 1.97. The molecule has 0 aliphatic carbocycles. The molecule has 82 valence electrons. The molecular formula is C10H14N2O2S. The van der Waals surface area contributed by atoms with Crippen LogP contribution in [-0.2, 0) is 22.9 Å². The Morgan fingerprint density at radius 3 is 2.93 bits per heavy atom. The van der Waals surface area contributed by atoms with Crippen molar-refractivity contribution in [3.63, 3.8) is 0 Å². The largest absolute Gasteiger partial charge is 0.398 e. The van der Waals surface area contributed by atoms with Crippen LogP contribution >= 0.6 is 0 Å². The predicted molar refractivity (Wildman–Crippen MR) is 61.7 cm³/mol. The van der Waals surface area contributed by atoms with E-state index in [-0.39, 0.29) is 5.75 Å². The van der Waals surface area contributed by atoms with Crippen molar-refractivity contribution in [2.45, 2.75) is 18.6 Å². The lowest BCUT2D eigenvalue weighted by Gasteiger charge is -2.20. The highest BCUT2D eigenvalue weighted by atomic mass is 32.2. The first-order chi connectivity index (χ1) is 7.18. The van der Waals surface area contributed by atoms with Gasteiger partial charge in [-0.15, -0.1) is 0 Å². The van der Waals surface area contributed by atoms with Crippen LogP contribution in [0, 0.1) is 0 Å². The number of nitrogens with two attached hydrogens (primary N) is 1. The summed E-state index contributed by atoms with van der Waals surface area (Å²) < 4.78 is 21.3. The summed E-state index contributed by atoms with van der Waals surface area (Å²) in [5, 5.41) is 3.25. The zero-order chi connectivity index (χ0) is 10.8. The average Bonchev–Trinajstić information content (AvgIpc) is 2.22. The number of benzene rings is 1. The maximum absolute atomic E-state index is 10.7. The maximum Gasteiger partial charge on any atom is 0.144 e. The Balaban J connectivity index is 2.42. The molecule has 0 aromatic heterocycles. The van der Waals surface area contributed by atoms with E-state index in [0.29, 0.717) is 11.3 Å². The average molecular weight is 226 g/mol. The number of fused-ring (bicyclic) bond motifs is 1. The first kappa shape index (κ1) is 10.3. The third-order valence-corrected chi connectivity index (χ3v) is 3.26. The summed E-state index contributed by atoms with van der Waals surface area (Å²) in [5.74, 6) is 0.0362. The molecule has 1 aliphatic heterocycles. The lowest BCUT2D eigenvalue weighted by atomic mass is 9.99. The molecule has 1 heterocycles. The molecule has 0 fully saturated rings. The second-order valence-corrected chi connectivity index (χ2v) is 4.67. The van der Waals surface area contributed by atoms with E-state index in [9.17, 15) is 8.42 Å². The van der Waals surface area contributed by atoms with Crippen molar-refractivity contribution in [1.29, 1.82) is 0 Å². The van der Waals surface area contributed by atoms with Gasteiger partial charge in [-0.05, 0) is 30.0 Å². The molecule has 5 heteroatoms. The number of nitrogens with one attached hydrogen (secondary N) is 1. The maximum atomic E-state index is 10.7. The first-order valence-electron chi connectivity index (χ1n) is 4.94. The molecule has 0 radical (unpaired) electrons. The van der Waals surface area contributed by atoms with E-state index in [1.165, 1.54) is 0 Å². The van der Waals surface area contributed by atoms with Gasteiger partial charge in [0.1, 0.15) is 10.7 Å². The molecule has 4 nitrogen and oxygen atoms in total. The van der Waals surface area contributed by atoms with Gasteiger partial charge in [-0.25, -0.2) is 8.42 Å². The monoisotopic (exact) mass is 226 g/mol. The van der Waals surface area contributed by atoms with Gasteiger partial charge in [-0.2, -0.15) is 0 Å². The van der Waals surface area contributed by atoms with Gasteiger partial charge < -0.3 is 11.1 Å². The summed E-state index contributed by atoms with van der Waals surface area (Å²) in [5.41, 5.74) is 9.41. The van der Waals surface area contributed by atoms with E-state index in [1.807, 2.05) is 6.07 Å². The number of hydrogen-bond donors (Lipinski definition) is 3. The Kier molecular flexibility index (Phi) is 2.81. The zero-order valence-corrected chi connectivity index (χ0v) is 9.22. The highest BCUT2D eigenvalue weighted by Crippen LogP contribution is 2.30. The number of rotatable bonds is 2. The van der Waals surface area contributed by atoms with E-state index in [4.69, 9.17) is 5.73 Å². The van der Waals surface area contributed by atoms with Crippen LogP contribution in [0.2, 0.25) is 0 Å². The second kappa shape index (κ2) is 4.10. The molecule has 1 aromatic rings.